The van der Waals surface area contributed by atoms with Gasteiger partial charge in [0.1, 0.15) is 6.54 Å². The van der Waals surface area contributed by atoms with Crippen LogP contribution in [0.3, 0.4) is 0 Å². The zero-order valence-electron chi connectivity index (χ0n) is 14.4. The third kappa shape index (κ3) is 5.91. The third-order valence-corrected chi connectivity index (χ3v) is 3.70. The van der Waals surface area contributed by atoms with Gasteiger partial charge in [-0.2, -0.15) is 13.2 Å². The molecule has 0 radical (unpaired) electrons. The smallest absolute Gasteiger partial charge is 0.347 e. The van der Waals surface area contributed by atoms with Crippen molar-refractivity contribution in [1.82, 2.24) is 5.32 Å². The Bertz CT molecular complexity index is 799. The highest BCUT2D eigenvalue weighted by atomic mass is 19.4. The van der Waals surface area contributed by atoms with Crippen LogP contribution >= 0.6 is 0 Å². The topological polar surface area (TPSA) is 58.2 Å². The van der Waals surface area contributed by atoms with E-state index in [1.807, 2.05) is 31.3 Å². The number of halogens is 3. The van der Waals surface area contributed by atoms with Crippen molar-refractivity contribution in [1.29, 1.82) is 0 Å². The molecule has 0 saturated carbocycles. The molecule has 0 fully saturated rings. The normalized spacial score (nSPS) is 11.1. The van der Waals surface area contributed by atoms with Gasteiger partial charge in [0.15, 0.2) is 0 Å². The molecule has 0 saturated heterocycles. The van der Waals surface area contributed by atoms with Crippen LogP contribution in [0.15, 0.2) is 42.5 Å². The van der Waals surface area contributed by atoms with Gasteiger partial charge in [-0.25, -0.2) is 0 Å². The SMILES string of the molecule is Cc1ccc(C)c(C(=O)Nc2ccc(CC(=O)NCC(F)(F)F)cc2)c1. The second-order valence-electron chi connectivity index (χ2n) is 6.04. The minimum atomic E-state index is -4.43. The summed E-state index contributed by atoms with van der Waals surface area (Å²) in [5.74, 6) is -0.962. The Hall–Kier alpha value is -2.83. The average molecular weight is 364 g/mol. The number of carbonyl (C=O) groups excluding carboxylic acids is 2. The molecular weight excluding hydrogens is 345 g/mol. The lowest BCUT2D eigenvalue weighted by Crippen LogP contribution is -2.34. The van der Waals surface area contributed by atoms with Gasteiger partial charge in [-0.3, -0.25) is 9.59 Å². The summed E-state index contributed by atoms with van der Waals surface area (Å²) in [4.78, 5) is 23.8. The van der Waals surface area contributed by atoms with Crippen molar-refractivity contribution in [3.05, 3.63) is 64.7 Å². The maximum atomic E-state index is 12.3. The molecule has 0 aliphatic rings. The molecule has 26 heavy (non-hydrogen) atoms. The number of carbonyl (C=O) groups is 2. The number of aryl methyl sites for hydroxylation is 2. The van der Waals surface area contributed by atoms with Gasteiger partial charge in [0.2, 0.25) is 5.91 Å². The quantitative estimate of drug-likeness (QED) is 0.848. The summed E-state index contributed by atoms with van der Waals surface area (Å²) in [5, 5.41) is 4.58. The Labute approximate surface area is 149 Å². The number of alkyl halides is 3. The first kappa shape index (κ1) is 19.5. The molecule has 0 aromatic heterocycles. The fourth-order valence-electron chi connectivity index (χ4n) is 2.33. The van der Waals surface area contributed by atoms with E-state index in [-0.39, 0.29) is 12.3 Å². The molecule has 0 bridgehead atoms. The van der Waals surface area contributed by atoms with Crippen LogP contribution in [0.5, 0.6) is 0 Å². The van der Waals surface area contributed by atoms with Crippen LogP contribution in [0.4, 0.5) is 18.9 Å². The van der Waals surface area contributed by atoms with Crippen LogP contribution in [-0.4, -0.2) is 24.5 Å². The average Bonchev–Trinajstić information content (AvgIpc) is 2.56. The predicted molar refractivity (Wildman–Crippen MR) is 93.1 cm³/mol. The third-order valence-electron chi connectivity index (χ3n) is 3.70. The van der Waals surface area contributed by atoms with Crippen molar-refractivity contribution in [3.8, 4) is 0 Å². The van der Waals surface area contributed by atoms with E-state index < -0.39 is 18.6 Å². The molecule has 2 rings (SSSR count). The second kappa shape index (κ2) is 8.03. The van der Waals surface area contributed by atoms with Gasteiger partial charge >= 0.3 is 6.18 Å². The van der Waals surface area contributed by atoms with Crippen LogP contribution < -0.4 is 10.6 Å². The van der Waals surface area contributed by atoms with Gasteiger partial charge in [-0.1, -0.05) is 29.8 Å². The molecule has 0 atom stereocenters. The molecule has 138 valence electrons. The van der Waals surface area contributed by atoms with Crippen molar-refractivity contribution >= 4 is 17.5 Å². The molecule has 7 heteroatoms. The predicted octanol–water partition coefficient (Wildman–Crippen LogP) is 3.78. The lowest BCUT2D eigenvalue weighted by molar-refractivity contribution is -0.138. The Morgan fingerprint density at radius 3 is 2.27 bits per heavy atom. The number of nitrogens with one attached hydrogen (secondary N) is 2. The van der Waals surface area contributed by atoms with Gasteiger partial charge in [0.25, 0.3) is 5.91 Å². The standard InChI is InChI=1S/C19H19F3N2O2/c1-12-3-4-13(2)16(9-12)18(26)24-15-7-5-14(6-8-15)10-17(25)23-11-19(20,21)22/h3-9H,10-11H2,1-2H3,(H,23,25)(H,24,26). The van der Waals surface area contributed by atoms with Crippen molar-refractivity contribution in [2.24, 2.45) is 0 Å². The van der Waals surface area contributed by atoms with E-state index in [1.165, 1.54) is 0 Å². The molecule has 0 spiro atoms. The van der Waals surface area contributed by atoms with E-state index in [1.54, 1.807) is 30.3 Å². The Kier molecular flexibility index (Phi) is 6.02. The lowest BCUT2D eigenvalue weighted by atomic mass is 10.0. The van der Waals surface area contributed by atoms with Crippen LogP contribution in [0.1, 0.15) is 27.0 Å². The van der Waals surface area contributed by atoms with Crippen molar-refractivity contribution in [2.45, 2.75) is 26.4 Å². The van der Waals surface area contributed by atoms with Crippen LogP contribution in [0.2, 0.25) is 0 Å². The first-order valence-electron chi connectivity index (χ1n) is 7.95. The Balaban J connectivity index is 1.96. The molecule has 0 unspecified atom stereocenters. The van der Waals surface area contributed by atoms with E-state index in [9.17, 15) is 22.8 Å². The number of hydrogen-bond donors (Lipinski definition) is 2. The summed E-state index contributed by atoms with van der Waals surface area (Å²) in [7, 11) is 0. The van der Waals surface area contributed by atoms with E-state index in [0.717, 1.165) is 11.1 Å². The molecule has 0 aliphatic heterocycles. The largest absolute Gasteiger partial charge is 0.405 e. The van der Waals surface area contributed by atoms with E-state index in [2.05, 4.69) is 5.32 Å². The number of anilines is 1. The van der Waals surface area contributed by atoms with Crippen LogP contribution in [0, 0.1) is 13.8 Å². The molecule has 2 aromatic rings. The number of benzene rings is 2. The summed E-state index contributed by atoms with van der Waals surface area (Å²) < 4.78 is 36.2. The first-order valence-corrected chi connectivity index (χ1v) is 7.95. The molecule has 0 heterocycles. The zero-order valence-corrected chi connectivity index (χ0v) is 14.4. The van der Waals surface area contributed by atoms with Crippen LogP contribution in [-0.2, 0) is 11.2 Å². The lowest BCUT2D eigenvalue weighted by Gasteiger charge is -2.10. The maximum Gasteiger partial charge on any atom is 0.405 e. The fourth-order valence-corrected chi connectivity index (χ4v) is 2.33. The van der Waals surface area contributed by atoms with Crippen molar-refractivity contribution in [3.63, 3.8) is 0 Å². The maximum absolute atomic E-state index is 12.3. The highest BCUT2D eigenvalue weighted by molar-refractivity contribution is 6.05. The Morgan fingerprint density at radius 1 is 1.00 bits per heavy atom. The minimum absolute atomic E-state index is 0.165. The number of rotatable bonds is 5. The minimum Gasteiger partial charge on any atom is -0.347 e. The van der Waals surface area contributed by atoms with Gasteiger partial charge in [-0.15, -0.1) is 0 Å². The van der Waals surface area contributed by atoms with E-state index in [4.69, 9.17) is 0 Å². The van der Waals surface area contributed by atoms with Crippen molar-refractivity contribution in [2.75, 3.05) is 11.9 Å². The Morgan fingerprint density at radius 2 is 1.65 bits per heavy atom. The number of hydrogen-bond acceptors (Lipinski definition) is 2. The molecule has 0 aliphatic carbocycles. The van der Waals surface area contributed by atoms with Gasteiger partial charge in [0.05, 0.1) is 6.42 Å². The summed E-state index contributed by atoms with van der Waals surface area (Å²) in [5.41, 5.74) is 3.48. The molecular formula is C19H19F3N2O2. The number of amides is 2. The van der Waals surface area contributed by atoms with Crippen molar-refractivity contribution < 1.29 is 22.8 Å². The van der Waals surface area contributed by atoms with Gasteiger partial charge in [0, 0.05) is 11.3 Å². The molecule has 2 aromatic carbocycles. The highest BCUT2D eigenvalue weighted by Gasteiger charge is 2.27. The first-order chi connectivity index (χ1) is 12.1. The van der Waals surface area contributed by atoms with E-state index >= 15 is 0 Å². The second-order valence-corrected chi connectivity index (χ2v) is 6.04. The summed E-state index contributed by atoms with van der Waals surface area (Å²) in [6.45, 7) is 2.39. The summed E-state index contributed by atoms with van der Waals surface area (Å²) in [6.07, 6.45) is -4.60. The fraction of sp³-hybridized carbons (Fsp3) is 0.263. The zero-order chi connectivity index (χ0) is 19.3. The molecule has 2 amide bonds. The summed E-state index contributed by atoms with van der Waals surface area (Å²) in [6, 6.07) is 12.0. The van der Waals surface area contributed by atoms with Crippen LogP contribution in [0.25, 0.3) is 0 Å². The summed E-state index contributed by atoms with van der Waals surface area (Å²) >= 11 is 0. The highest BCUT2D eigenvalue weighted by Crippen LogP contribution is 2.16. The van der Waals surface area contributed by atoms with Gasteiger partial charge < -0.3 is 10.6 Å². The monoisotopic (exact) mass is 364 g/mol. The van der Waals surface area contributed by atoms with Gasteiger partial charge in [-0.05, 0) is 43.2 Å². The van der Waals surface area contributed by atoms with E-state index in [0.29, 0.717) is 16.8 Å². The molecule has 2 N–H and O–H groups in total. The molecule has 4 nitrogen and oxygen atoms in total.